The Balaban J connectivity index is 2.43. The third kappa shape index (κ3) is 2.82. The minimum atomic E-state index is -0.236. The van der Waals surface area contributed by atoms with E-state index in [1.165, 1.54) is 0 Å². The summed E-state index contributed by atoms with van der Waals surface area (Å²) in [6.45, 7) is 4.12. The zero-order valence-electron chi connectivity index (χ0n) is 8.91. The summed E-state index contributed by atoms with van der Waals surface area (Å²) in [5.41, 5.74) is 0. The van der Waals surface area contributed by atoms with E-state index in [-0.39, 0.29) is 30.0 Å². The standard InChI is InChI=1S/C11H18O3/c1-3-14-10(12)7-9-6-4-5-8(2)11(9)13/h8-9H,3-7H2,1-2H3. The summed E-state index contributed by atoms with van der Waals surface area (Å²) in [5, 5.41) is 0. The molecule has 0 heterocycles. The molecule has 0 saturated heterocycles. The van der Waals surface area contributed by atoms with Gasteiger partial charge in [0.15, 0.2) is 0 Å². The fraction of sp³-hybridized carbons (Fsp3) is 0.818. The van der Waals surface area contributed by atoms with E-state index in [4.69, 9.17) is 4.74 Å². The highest BCUT2D eigenvalue weighted by Gasteiger charge is 2.29. The van der Waals surface area contributed by atoms with Crippen LogP contribution in [-0.2, 0) is 14.3 Å². The lowest BCUT2D eigenvalue weighted by atomic mass is 9.79. The minimum Gasteiger partial charge on any atom is -0.466 e. The summed E-state index contributed by atoms with van der Waals surface area (Å²) < 4.78 is 4.84. The van der Waals surface area contributed by atoms with Gasteiger partial charge in [-0.1, -0.05) is 13.3 Å². The number of hydrogen-bond donors (Lipinski definition) is 0. The zero-order valence-corrected chi connectivity index (χ0v) is 8.91. The van der Waals surface area contributed by atoms with E-state index in [0.717, 1.165) is 19.3 Å². The lowest BCUT2D eigenvalue weighted by Crippen LogP contribution is -2.28. The van der Waals surface area contributed by atoms with E-state index >= 15 is 0 Å². The third-order valence-corrected chi connectivity index (χ3v) is 2.80. The van der Waals surface area contributed by atoms with Crippen molar-refractivity contribution in [2.45, 2.75) is 39.5 Å². The van der Waals surface area contributed by atoms with Gasteiger partial charge < -0.3 is 4.74 Å². The maximum absolute atomic E-state index is 11.7. The molecule has 3 nitrogen and oxygen atoms in total. The first-order valence-electron chi connectivity index (χ1n) is 5.34. The van der Waals surface area contributed by atoms with Crippen molar-refractivity contribution in [3.63, 3.8) is 0 Å². The summed E-state index contributed by atoms with van der Waals surface area (Å²) in [6, 6.07) is 0. The Morgan fingerprint density at radius 1 is 1.50 bits per heavy atom. The van der Waals surface area contributed by atoms with Crippen LogP contribution in [0.2, 0.25) is 0 Å². The van der Waals surface area contributed by atoms with Gasteiger partial charge in [-0.05, 0) is 19.8 Å². The average molecular weight is 198 g/mol. The van der Waals surface area contributed by atoms with Crippen LogP contribution in [0.3, 0.4) is 0 Å². The van der Waals surface area contributed by atoms with Crippen molar-refractivity contribution in [1.82, 2.24) is 0 Å². The molecule has 80 valence electrons. The summed E-state index contributed by atoms with van der Waals surface area (Å²) in [4.78, 5) is 22.8. The summed E-state index contributed by atoms with van der Waals surface area (Å²) in [7, 11) is 0. The van der Waals surface area contributed by atoms with Crippen molar-refractivity contribution >= 4 is 11.8 Å². The minimum absolute atomic E-state index is 0.0854. The zero-order chi connectivity index (χ0) is 10.6. The van der Waals surface area contributed by atoms with Gasteiger partial charge in [-0.25, -0.2) is 0 Å². The molecule has 1 saturated carbocycles. The Morgan fingerprint density at radius 3 is 2.86 bits per heavy atom. The summed E-state index contributed by atoms with van der Waals surface area (Å²) in [6.07, 6.45) is 3.15. The molecule has 0 aromatic rings. The van der Waals surface area contributed by atoms with Crippen molar-refractivity contribution in [3.8, 4) is 0 Å². The van der Waals surface area contributed by atoms with Gasteiger partial charge in [-0.3, -0.25) is 9.59 Å². The molecule has 1 rings (SSSR count). The van der Waals surface area contributed by atoms with Gasteiger partial charge in [0.25, 0.3) is 0 Å². The Kier molecular flexibility index (Phi) is 4.11. The highest BCUT2D eigenvalue weighted by molar-refractivity contribution is 5.87. The van der Waals surface area contributed by atoms with Gasteiger partial charge in [0, 0.05) is 11.8 Å². The molecule has 0 aromatic carbocycles. The van der Waals surface area contributed by atoms with E-state index in [0.29, 0.717) is 6.61 Å². The van der Waals surface area contributed by atoms with Crippen LogP contribution < -0.4 is 0 Å². The first-order chi connectivity index (χ1) is 6.65. The van der Waals surface area contributed by atoms with Gasteiger partial charge in [0.1, 0.15) is 5.78 Å². The molecule has 1 fully saturated rings. The van der Waals surface area contributed by atoms with Gasteiger partial charge in [-0.15, -0.1) is 0 Å². The molecule has 14 heavy (non-hydrogen) atoms. The molecular weight excluding hydrogens is 180 g/mol. The van der Waals surface area contributed by atoms with Crippen LogP contribution >= 0.6 is 0 Å². The Labute approximate surface area is 84.8 Å². The molecule has 0 aliphatic heterocycles. The largest absolute Gasteiger partial charge is 0.466 e. The highest BCUT2D eigenvalue weighted by Crippen LogP contribution is 2.27. The second-order valence-corrected chi connectivity index (χ2v) is 3.94. The second kappa shape index (κ2) is 5.13. The molecule has 0 radical (unpaired) electrons. The molecule has 2 unspecified atom stereocenters. The Hall–Kier alpha value is -0.860. The van der Waals surface area contributed by atoms with E-state index in [1.54, 1.807) is 6.92 Å². The Morgan fingerprint density at radius 2 is 2.21 bits per heavy atom. The number of rotatable bonds is 3. The van der Waals surface area contributed by atoms with Gasteiger partial charge in [-0.2, -0.15) is 0 Å². The van der Waals surface area contributed by atoms with Crippen molar-refractivity contribution in [3.05, 3.63) is 0 Å². The number of carbonyl (C=O) groups is 2. The maximum atomic E-state index is 11.7. The number of hydrogen-bond acceptors (Lipinski definition) is 3. The Bertz CT molecular complexity index is 223. The number of carbonyl (C=O) groups excluding carboxylic acids is 2. The predicted molar refractivity (Wildman–Crippen MR) is 52.8 cm³/mol. The van der Waals surface area contributed by atoms with Crippen LogP contribution in [-0.4, -0.2) is 18.4 Å². The van der Waals surface area contributed by atoms with Crippen molar-refractivity contribution in [2.24, 2.45) is 11.8 Å². The van der Waals surface area contributed by atoms with Gasteiger partial charge in [0.2, 0.25) is 0 Å². The van der Waals surface area contributed by atoms with Crippen molar-refractivity contribution < 1.29 is 14.3 Å². The predicted octanol–water partition coefficient (Wildman–Crippen LogP) is 1.94. The fourth-order valence-corrected chi connectivity index (χ4v) is 1.98. The molecule has 2 atom stereocenters. The molecule has 0 N–H and O–H groups in total. The molecule has 3 heteroatoms. The van der Waals surface area contributed by atoms with Crippen LogP contribution in [0.1, 0.15) is 39.5 Å². The fourth-order valence-electron chi connectivity index (χ4n) is 1.98. The van der Waals surface area contributed by atoms with Crippen molar-refractivity contribution in [2.75, 3.05) is 6.61 Å². The van der Waals surface area contributed by atoms with Crippen LogP contribution in [0.5, 0.6) is 0 Å². The molecular formula is C11H18O3. The molecule has 0 bridgehead atoms. The summed E-state index contributed by atoms with van der Waals surface area (Å²) in [5.74, 6) is 0.0465. The molecule has 1 aliphatic carbocycles. The molecule has 0 amide bonds. The lowest BCUT2D eigenvalue weighted by molar-refractivity contribution is -0.147. The van der Waals surface area contributed by atoms with E-state index < -0.39 is 0 Å². The van der Waals surface area contributed by atoms with E-state index in [2.05, 4.69) is 0 Å². The van der Waals surface area contributed by atoms with Gasteiger partial charge in [0.05, 0.1) is 13.0 Å². The van der Waals surface area contributed by atoms with Crippen molar-refractivity contribution in [1.29, 1.82) is 0 Å². The summed E-state index contributed by atoms with van der Waals surface area (Å²) >= 11 is 0. The first-order valence-corrected chi connectivity index (χ1v) is 5.34. The smallest absolute Gasteiger partial charge is 0.306 e. The molecule has 0 aromatic heterocycles. The monoisotopic (exact) mass is 198 g/mol. The van der Waals surface area contributed by atoms with E-state index in [9.17, 15) is 9.59 Å². The van der Waals surface area contributed by atoms with Gasteiger partial charge >= 0.3 is 5.97 Å². The topological polar surface area (TPSA) is 43.4 Å². The van der Waals surface area contributed by atoms with E-state index in [1.807, 2.05) is 6.92 Å². The number of ketones is 1. The van der Waals surface area contributed by atoms with Crippen LogP contribution in [0.4, 0.5) is 0 Å². The number of esters is 1. The quantitative estimate of drug-likeness (QED) is 0.651. The molecule has 0 spiro atoms. The number of ether oxygens (including phenoxy) is 1. The first kappa shape index (κ1) is 11.2. The van der Waals surface area contributed by atoms with Crippen LogP contribution in [0, 0.1) is 11.8 Å². The third-order valence-electron chi connectivity index (χ3n) is 2.80. The average Bonchev–Trinajstić information content (AvgIpc) is 2.13. The molecule has 1 aliphatic rings. The normalized spacial score (nSPS) is 27.4. The lowest BCUT2D eigenvalue weighted by Gasteiger charge is -2.24. The highest BCUT2D eigenvalue weighted by atomic mass is 16.5. The number of Topliss-reactive ketones (excluding diaryl/α,β-unsaturated/α-hetero) is 1. The maximum Gasteiger partial charge on any atom is 0.306 e. The van der Waals surface area contributed by atoms with Crippen LogP contribution in [0.25, 0.3) is 0 Å². The SMILES string of the molecule is CCOC(=O)CC1CCCC(C)C1=O. The second-order valence-electron chi connectivity index (χ2n) is 3.94. The van der Waals surface area contributed by atoms with Crippen LogP contribution in [0.15, 0.2) is 0 Å².